The van der Waals surface area contributed by atoms with Crippen LogP contribution < -0.4 is 4.74 Å². The molecule has 0 unspecified atom stereocenters. The summed E-state index contributed by atoms with van der Waals surface area (Å²) in [7, 11) is 0. The molecule has 100 valence electrons. The number of benzene rings is 2. The van der Waals surface area contributed by atoms with Crippen molar-refractivity contribution < 1.29 is 14.3 Å². The summed E-state index contributed by atoms with van der Waals surface area (Å²) in [5.74, 6) is 0.408. The third-order valence-electron chi connectivity index (χ3n) is 3.25. The SMILES string of the molecule is O=C1c2ccccc2C(=O)c2c(OCCCl)cccc21. The van der Waals surface area contributed by atoms with Crippen molar-refractivity contribution in [3.05, 3.63) is 64.7 Å². The second-order valence-electron chi connectivity index (χ2n) is 4.42. The Kier molecular flexibility index (Phi) is 3.28. The molecule has 0 spiro atoms. The normalized spacial score (nSPS) is 12.8. The van der Waals surface area contributed by atoms with Crippen LogP contribution in [-0.4, -0.2) is 24.1 Å². The van der Waals surface area contributed by atoms with Crippen molar-refractivity contribution in [1.82, 2.24) is 0 Å². The maximum Gasteiger partial charge on any atom is 0.198 e. The molecule has 0 atom stereocenters. The first-order valence-electron chi connectivity index (χ1n) is 6.24. The molecule has 0 radical (unpaired) electrons. The van der Waals surface area contributed by atoms with E-state index in [1.165, 1.54) is 0 Å². The van der Waals surface area contributed by atoms with Gasteiger partial charge in [0, 0.05) is 16.7 Å². The van der Waals surface area contributed by atoms with E-state index < -0.39 is 0 Å². The third-order valence-corrected chi connectivity index (χ3v) is 3.40. The Bertz CT molecular complexity index is 707. The minimum absolute atomic E-state index is 0.147. The topological polar surface area (TPSA) is 43.4 Å². The van der Waals surface area contributed by atoms with E-state index in [0.29, 0.717) is 40.5 Å². The van der Waals surface area contributed by atoms with Crippen LogP contribution in [0.3, 0.4) is 0 Å². The first-order chi connectivity index (χ1) is 9.74. The fourth-order valence-corrected chi connectivity index (χ4v) is 2.46. The van der Waals surface area contributed by atoms with Crippen LogP contribution >= 0.6 is 11.6 Å². The molecule has 20 heavy (non-hydrogen) atoms. The van der Waals surface area contributed by atoms with Crippen molar-refractivity contribution in [2.75, 3.05) is 12.5 Å². The fraction of sp³-hybridized carbons (Fsp3) is 0.125. The number of ether oxygens (including phenoxy) is 1. The molecule has 1 aliphatic carbocycles. The van der Waals surface area contributed by atoms with E-state index in [9.17, 15) is 9.59 Å². The summed E-state index contributed by atoms with van der Waals surface area (Å²) >= 11 is 5.60. The lowest BCUT2D eigenvalue weighted by atomic mass is 9.84. The van der Waals surface area contributed by atoms with Gasteiger partial charge < -0.3 is 4.74 Å². The molecule has 3 rings (SSSR count). The molecule has 1 aliphatic rings. The zero-order chi connectivity index (χ0) is 14.1. The lowest BCUT2D eigenvalue weighted by Crippen LogP contribution is -2.22. The average molecular weight is 287 g/mol. The van der Waals surface area contributed by atoms with Crippen molar-refractivity contribution in [1.29, 1.82) is 0 Å². The maximum absolute atomic E-state index is 12.6. The van der Waals surface area contributed by atoms with Gasteiger partial charge in [0.05, 0.1) is 11.4 Å². The van der Waals surface area contributed by atoms with Crippen LogP contribution in [0.1, 0.15) is 31.8 Å². The van der Waals surface area contributed by atoms with Gasteiger partial charge in [-0.2, -0.15) is 0 Å². The van der Waals surface area contributed by atoms with Crippen molar-refractivity contribution in [2.24, 2.45) is 0 Å². The van der Waals surface area contributed by atoms with Crippen LogP contribution in [0.25, 0.3) is 0 Å². The van der Waals surface area contributed by atoms with Crippen molar-refractivity contribution in [2.45, 2.75) is 0 Å². The highest BCUT2D eigenvalue weighted by molar-refractivity contribution is 6.29. The Labute approximate surface area is 121 Å². The average Bonchev–Trinajstić information content (AvgIpc) is 2.50. The molecule has 0 aliphatic heterocycles. The lowest BCUT2D eigenvalue weighted by molar-refractivity contribution is 0.0976. The van der Waals surface area contributed by atoms with Gasteiger partial charge in [-0.1, -0.05) is 36.4 Å². The number of fused-ring (bicyclic) bond motifs is 2. The van der Waals surface area contributed by atoms with Gasteiger partial charge in [-0.15, -0.1) is 11.6 Å². The molecular formula is C16H11ClO3. The largest absolute Gasteiger partial charge is 0.492 e. The minimum Gasteiger partial charge on any atom is -0.492 e. The predicted molar refractivity (Wildman–Crippen MR) is 76.0 cm³/mol. The van der Waals surface area contributed by atoms with E-state index in [2.05, 4.69) is 0 Å². The summed E-state index contributed by atoms with van der Waals surface area (Å²) in [6, 6.07) is 11.9. The van der Waals surface area contributed by atoms with Gasteiger partial charge in [0.2, 0.25) is 0 Å². The zero-order valence-corrected chi connectivity index (χ0v) is 11.3. The highest BCUT2D eigenvalue weighted by atomic mass is 35.5. The molecule has 0 heterocycles. The van der Waals surface area contributed by atoms with Gasteiger partial charge in [0.1, 0.15) is 12.4 Å². The van der Waals surface area contributed by atoms with Crippen LogP contribution in [0.2, 0.25) is 0 Å². The Balaban J connectivity index is 2.18. The van der Waals surface area contributed by atoms with Crippen LogP contribution in [0.5, 0.6) is 5.75 Å². The Morgan fingerprint density at radius 1 is 0.850 bits per heavy atom. The number of ketones is 2. The highest BCUT2D eigenvalue weighted by Crippen LogP contribution is 2.33. The standard InChI is InChI=1S/C16H11ClO3/c17-8-9-20-13-7-3-6-12-14(13)16(19)11-5-2-1-4-10(11)15(12)18/h1-7H,8-9H2. The molecule has 0 saturated heterocycles. The summed E-state index contributed by atoms with van der Waals surface area (Å²) in [4.78, 5) is 25.0. The van der Waals surface area contributed by atoms with E-state index in [1.807, 2.05) is 0 Å². The van der Waals surface area contributed by atoms with Gasteiger partial charge in [0.25, 0.3) is 0 Å². The summed E-state index contributed by atoms with van der Waals surface area (Å²) in [5.41, 5.74) is 1.59. The highest BCUT2D eigenvalue weighted by Gasteiger charge is 2.31. The van der Waals surface area contributed by atoms with E-state index >= 15 is 0 Å². The minimum atomic E-state index is -0.180. The smallest absolute Gasteiger partial charge is 0.198 e. The molecule has 0 N–H and O–H groups in total. The summed E-state index contributed by atoms with van der Waals surface area (Å²) < 4.78 is 5.48. The van der Waals surface area contributed by atoms with Crippen LogP contribution in [0.15, 0.2) is 42.5 Å². The van der Waals surface area contributed by atoms with Crippen LogP contribution in [0.4, 0.5) is 0 Å². The van der Waals surface area contributed by atoms with Crippen molar-refractivity contribution >= 4 is 23.2 Å². The Morgan fingerprint density at radius 2 is 1.50 bits per heavy atom. The third kappa shape index (κ3) is 1.91. The summed E-state index contributed by atoms with van der Waals surface area (Å²) in [6.07, 6.45) is 0. The molecule has 0 saturated carbocycles. The summed E-state index contributed by atoms with van der Waals surface area (Å²) in [5, 5.41) is 0. The molecule has 0 bridgehead atoms. The molecule has 2 aromatic rings. The number of carbonyl (C=O) groups excluding carboxylic acids is 2. The lowest BCUT2D eigenvalue weighted by Gasteiger charge is -2.19. The van der Waals surface area contributed by atoms with Crippen LogP contribution in [-0.2, 0) is 0 Å². The van der Waals surface area contributed by atoms with Gasteiger partial charge in [-0.3, -0.25) is 9.59 Å². The number of carbonyl (C=O) groups is 2. The second-order valence-corrected chi connectivity index (χ2v) is 4.80. The quantitative estimate of drug-likeness (QED) is 0.695. The number of alkyl halides is 1. The van der Waals surface area contributed by atoms with Gasteiger partial charge in [-0.05, 0) is 6.07 Å². The van der Waals surface area contributed by atoms with Gasteiger partial charge in [-0.25, -0.2) is 0 Å². The first-order valence-corrected chi connectivity index (χ1v) is 6.77. The van der Waals surface area contributed by atoms with E-state index in [0.717, 1.165) is 0 Å². The van der Waals surface area contributed by atoms with Crippen LogP contribution in [0, 0.1) is 0 Å². The fourth-order valence-electron chi connectivity index (χ4n) is 2.38. The van der Waals surface area contributed by atoms with E-state index in [4.69, 9.17) is 16.3 Å². The molecular weight excluding hydrogens is 276 g/mol. The molecule has 3 nitrogen and oxygen atoms in total. The number of rotatable bonds is 3. The molecule has 0 aromatic heterocycles. The Hall–Kier alpha value is -2.13. The number of halogens is 1. The molecule has 2 aromatic carbocycles. The number of hydrogen-bond acceptors (Lipinski definition) is 3. The van der Waals surface area contributed by atoms with E-state index in [1.54, 1.807) is 42.5 Å². The zero-order valence-electron chi connectivity index (χ0n) is 10.6. The van der Waals surface area contributed by atoms with Crippen molar-refractivity contribution in [3.8, 4) is 5.75 Å². The van der Waals surface area contributed by atoms with Crippen molar-refractivity contribution in [3.63, 3.8) is 0 Å². The Morgan fingerprint density at radius 3 is 2.20 bits per heavy atom. The molecule has 0 fully saturated rings. The first kappa shape index (κ1) is 12.9. The van der Waals surface area contributed by atoms with E-state index in [-0.39, 0.29) is 11.6 Å². The van der Waals surface area contributed by atoms with Gasteiger partial charge >= 0.3 is 0 Å². The monoisotopic (exact) mass is 286 g/mol. The summed E-state index contributed by atoms with van der Waals surface area (Å²) in [6.45, 7) is 0.293. The second kappa shape index (κ2) is 5.10. The molecule has 0 amide bonds. The number of hydrogen-bond donors (Lipinski definition) is 0. The predicted octanol–water partition coefficient (Wildman–Crippen LogP) is 3.08. The molecule has 4 heteroatoms. The maximum atomic E-state index is 12.6. The van der Waals surface area contributed by atoms with Gasteiger partial charge in [0.15, 0.2) is 11.6 Å².